The third-order valence-corrected chi connectivity index (χ3v) is 5.73. The fourth-order valence-corrected chi connectivity index (χ4v) is 4.13. The molecule has 2 rings (SSSR count). The van der Waals surface area contributed by atoms with Crippen LogP contribution in [0.5, 0.6) is 0 Å². The molecule has 2 saturated carbocycles. The summed E-state index contributed by atoms with van der Waals surface area (Å²) >= 11 is 0. The third kappa shape index (κ3) is 1.28. The molecule has 92 valence electrons. The number of ether oxygens (including phenoxy) is 1. The molecule has 0 spiro atoms. The zero-order valence-corrected chi connectivity index (χ0v) is 11.2. The minimum Gasteiger partial charge on any atom is -0.458 e. The molecule has 2 nitrogen and oxygen atoms in total. The van der Waals surface area contributed by atoms with Crippen molar-refractivity contribution in [2.24, 2.45) is 16.7 Å². The van der Waals surface area contributed by atoms with Gasteiger partial charge in [0, 0.05) is 17.8 Å². The molecule has 0 N–H and O–H groups in total. The minimum atomic E-state index is -0.257. The van der Waals surface area contributed by atoms with Crippen molar-refractivity contribution in [1.29, 1.82) is 0 Å². The van der Waals surface area contributed by atoms with E-state index in [2.05, 4.69) is 27.7 Å². The molecule has 0 aromatic heterocycles. The highest BCUT2D eigenvalue weighted by molar-refractivity contribution is 5.69. The van der Waals surface area contributed by atoms with Crippen LogP contribution in [0.25, 0.3) is 0 Å². The molecule has 2 bridgehead atoms. The Kier molecular flexibility index (Phi) is 2.42. The van der Waals surface area contributed by atoms with Gasteiger partial charge in [0.2, 0.25) is 0 Å². The Labute approximate surface area is 98.7 Å². The van der Waals surface area contributed by atoms with Crippen molar-refractivity contribution < 1.29 is 9.53 Å². The van der Waals surface area contributed by atoms with Gasteiger partial charge in [0.25, 0.3) is 0 Å². The molecule has 2 heteroatoms. The molecule has 4 atom stereocenters. The number of rotatable bonds is 2. The van der Waals surface area contributed by atoms with Gasteiger partial charge in [0.15, 0.2) is 0 Å². The molecule has 2 aliphatic rings. The van der Waals surface area contributed by atoms with Gasteiger partial charge in [-0.15, -0.1) is 0 Å². The predicted octanol–water partition coefficient (Wildman–Crippen LogP) is 3.54. The van der Waals surface area contributed by atoms with Crippen LogP contribution in [-0.4, -0.2) is 11.6 Å². The van der Waals surface area contributed by atoms with E-state index in [9.17, 15) is 4.79 Å². The average Bonchev–Trinajstić information content (AvgIpc) is 2.61. The maximum atomic E-state index is 11.6. The summed E-state index contributed by atoms with van der Waals surface area (Å²) in [5.41, 5.74) is 0.302. The fourth-order valence-electron chi connectivity index (χ4n) is 4.13. The van der Waals surface area contributed by atoms with Gasteiger partial charge < -0.3 is 4.74 Å². The van der Waals surface area contributed by atoms with E-state index < -0.39 is 0 Å². The van der Waals surface area contributed by atoms with Crippen LogP contribution in [0.2, 0.25) is 0 Å². The molecule has 0 aromatic carbocycles. The van der Waals surface area contributed by atoms with Crippen LogP contribution in [0.4, 0.5) is 0 Å². The number of carbonyl (C=O) groups is 1. The van der Waals surface area contributed by atoms with Gasteiger partial charge in [0.1, 0.15) is 5.60 Å². The van der Waals surface area contributed by atoms with Crippen LogP contribution in [0.15, 0.2) is 0 Å². The van der Waals surface area contributed by atoms with Crippen LogP contribution in [0, 0.1) is 16.7 Å². The Hall–Kier alpha value is -0.530. The molecule has 0 radical (unpaired) electrons. The van der Waals surface area contributed by atoms with Crippen LogP contribution in [0.1, 0.15) is 60.3 Å². The zero-order valence-electron chi connectivity index (χ0n) is 11.2. The quantitative estimate of drug-likeness (QED) is 0.671. The van der Waals surface area contributed by atoms with Gasteiger partial charge in [-0.3, -0.25) is 4.79 Å². The number of carbonyl (C=O) groups excluding carboxylic acids is 1. The van der Waals surface area contributed by atoms with Crippen molar-refractivity contribution in [3.8, 4) is 0 Å². The molecule has 2 fully saturated rings. The highest BCUT2D eigenvalue weighted by atomic mass is 16.6. The van der Waals surface area contributed by atoms with E-state index in [0.29, 0.717) is 17.8 Å². The van der Waals surface area contributed by atoms with E-state index in [1.165, 1.54) is 19.3 Å². The van der Waals surface area contributed by atoms with Crippen LogP contribution < -0.4 is 0 Å². The topological polar surface area (TPSA) is 26.3 Å². The molecule has 0 aromatic rings. The number of fused-ring (bicyclic) bond motifs is 2. The second-order valence-electron chi connectivity index (χ2n) is 6.55. The second-order valence-corrected chi connectivity index (χ2v) is 6.55. The van der Waals surface area contributed by atoms with Crippen molar-refractivity contribution in [3.63, 3.8) is 0 Å². The summed E-state index contributed by atoms with van der Waals surface area (Å²) in [6.07, 6.45) is 4.16. The molecule has 4 unspecified atom stereocenters. The lowest BCUT2D eigenvalue weighted by molar-refractivity contribution is -0.180. The van der Waals surface area contributed by atoms with Crippen molar-refractivity contribution in [3.05, 3.63) is 0 Å². The van der Waals surface area contributed by atoms with Gasteiger partial charge >= 0.3 is 5.97 Å². The molecule has 0 aliphatic heterocycles. The largest absolute Gasteiger partial charge is 0.458 e. The first kappa shape index (κ1) is 11.9. The standard InChI is InChI=1S/C14H24O2/c1-6-11(15)16-14(5)10(2)12(3)7-8-13(14,4)9-12/h10H,6-9H2,1-5H3. The van der Waals surface area contributed by atoms with E-state index in [0.717, 1.165) is 0 Å². The first-order valence-corrected chi connectivity index (χ1v) is 6.49. The third-order valence-electron chi connectivity index (χ3n) is 5.73. The Morgan fingerprint density at radius 3 is 2.38 bits per heavy atom. The molecule has 0 saturated heterocycles. The van der Waals surface area contributed by atoms with E-state index in [4.69, 9.17) is 4.74 Å². The summed E-state index contributed by atoms with van der Waals surface area (Å²) in [6.45, 7) is 10.9. The second kappa shape index (κ2) is 3.24. The molecule has 16 heavy (non-hydrogen) atoms. The van der Waals surface area contributed by atoms with Crippen molar-refractivity contribution in [2.75, 3.05) is 0 Å². The lowest BCUT2D eigenvalue weighted by atomic mass is 9.66. The normalized spacial score (nSPS) is 50.7. The van der Waals surface area contributed by atoms with Crippen molar-refractivity contribution >= 4 is 5.97 Å². The smallest absolute Gasteiger partial charge is 0.306 e. The van der Waals surface area contributed by atoms with Crippen LogP contribution in [-0.2, 0) is 9.53 Å². The van der Waals surface area contributed by atoms with Gasteiger partial charge in [-0.25, -0.2) is 0 Å². The minimum absolute atomic E-state index is 0.0493. The van der Waals surface area contributed by atoms with E-state index >= 15 is 0 Å². The summed E-state index contributed by atoms with van der Waals surface area (Å²) in [6, 6.07) is 0. The Morgan fingerprint density at radius 2 is 1.94 bits per heavy atom. The van der Waals surface area contributed by atoms with Gasteiger partial charge in [-0.2, -0.15) is 0 Å². The van der Waals surface area contributed by atoms with E-state index in [1.54, 1.807) is 0 Å². The first-order chi connectivity index (χ1) is 7.27. The summed E-state index contributed by atoms with van der Waals surface area (Å²) < 4.78 is 5.82. The number of hydrogen-bond donors (Lipinski definition) is 0. The summed E-state index contributed by atoms with van der Waals surface area (Å²) in [4.78, 5) is 11.6. The summed E-state index contributed by atoms with van der Waals surface area (Å²) in [5.74, 6) is 0.418. The summed E-state index contributed by atoms with van der Waals surface area (Å²) in [7, 11) is 0. The molecular weight excluding hydrogens is 200 g/mol. The van der Waals surface area contributed by atoms with E-state index in [-0.39, 0.29) is 17.0 Å². The van der Waals surface area contributed by atoms with Gasteiger partial charge in [-0.05, 0) is 31.6 Å². The number of esters is 1. The molecule has 0 amide bonds. The Morgan fingerprint density at radius 1 is 1.31 bits per heavy atom. The van der Waals surface area contributed by atoms with Crippen molar-refractivity contribution in [2.45, 2.75) is 65.9 Å². The Bertz CT molecular complexity index is 325. The lowest BCUT2D eigenvalue weighted by Gasteiger charge is -2.46. The Balaban J connectivity index is 2.31. The monoisotopic (exact) mass is 224 g/mol. The van der Waals surface area contributed by atoms with Crippen molar-refractivity contribution in [1.82, 2.24) is 0 Å². The molecular formula is C14H24O2. The molecule has 0 heterocycles. The molecule has 2 aliphatic carbocycles. The van der Waals surface area contributed by atoms with Crippen LogP contribution >= 0.6 is 0 Å². The number of hydrogen-bond acceptors (Lipinski definition) is 2. The zero-order chi connectivity index (χ0) is 12.2. The maximum absolute atomic E-state index is 11.6. The average molecular weight is 224 g/mol. The predicted molar refractivity (Wildman–Crippen MR) is 64.0 cm³/mol. The maximum Gasteiger partial charge on any atom is 0.306 e. The van der Waals surface area contributed by atoms with Gasteiger partial charge in [-0.1, -0.05) is 27.7 Å². The van der Waals surface area contributed by atoms with Gasteiger partial charge in [0.05, 0.1) is 0 Å². The fraction of sp³-hybridized carbons (Fsp3) is 0.929. The van der Waals surface area contributed by atoms with Crippen LogP contribution in [0.3, 0.4) is 0 Å². The SMILES string of the molecule is CCC(=O)OC1(C)C(C)C2(C)CCC1(C)C2. The first-order valence-electron chi connectivity index (χ1n) is 6.49. The highest BCUT2D eigenvalue weighted by Gasteiger charge is 2.67. The summed E-state index contributed by atoms with van der Waals surface area (Å²) in [5, 5.41) is 0. The highest BCUT2D eigenvalue weighted by Crippen LogP contribution is 2.69. The van der Waals surface area contributed by atoms with E-state index in [1.807, 2.05) is 6.92 Å². The lowest BCUT2D eigenvalue weighted by Crippen LogP contribution is -2.50.